The van der Waals surface area contributed by atoms with Crippen molar-refractivity contribution in [3.05, 3.63) is 29.8 Å². The minimum absolute atomic E-state index is 0.101. The third-order valence-electron chi connectivity index (χ3n) is 2.35. The van der Waals surface area contributed by atoms with Crippen LogP contribution in [0.1, 0.15) is 24.2 Å². The van der Waals surface area contributed by atoms with E-state index < -0.39 is 0 Å². The summed E-state index contributed by atoms with van der Waals surface area (Å²) < 4.78 is 3.82. The van der Waals surface area contributed by atoms with Crippen LogP contribution in [0.3, 0.4) is 0 Å². The van der Waals surface area contributed by atoms with Crippen molar-refractivity contribution in [3.63, 3.8) is 0 Å². The maximum Gasteiger partial charge on any atom is 0.267 e. The van der Waals surface area contributed by atoms with Gasteiger partial charge in [0.25, 0.3) is 5.91 Å². The van der Waals surface area contributed by atoms with Crippen LogP contribution in [-0.2, 0) is 0 Å². The van der Waals surface area contributed by atoms with E-state index >= 15 is 0 Å². The highest BCUT2D eigenvalue weighted by Gasteiger charge is 2.29. The van der Waals surface area contributed by atoms with Gasteiger partial charge in [-0.25, -0.2) is 0 Å². The minimum atomic E-state index is 0.101. The average molecular weight is 222 g/mol. The van der Waals surface area contributed by atoms with Gasteiger partial charge in [-0.1, -0.05) is 12.1 Å². The number of para-hydroxylation sites is 1. The number of hydrogen-bond donors (Lipinski definition) is 0. The number of amides is 1. The molecule has 2 rings (SSSR count). The number of fused-ring (bicyclic) bond motifs is 1. The fourth-order valence-electron chi connectivity index (χ4n) is 1.59. The standard InChI is InChI=1S/C11H14N2OS/c1-8(2)13-11(14)9-6-4-5-7-10(9)12(3)15-13/h4-8H,1-3H3. The van der Waals surface area contributed by atoms with E-state index in [-0.39, 0.29) is 11.9 Å². The molecule has 0 bridgehead atoms. The summed E-state index contributed by atoms with van der Waals surface area (Å²) in [5, 5.41) is 0. The van der Waals surface area contributed by atoms with Gasteiger partial charge in [-0.3, -0.25) is 9.10 Å². The molecule has 80 valence electrons. The average Bonchev–Trinajstić information content (AvgIpc) is 2.23. The molecule has 1 heterocycles. The first-order chi connectivity index (χ1) is 7.11. The molecule has 0 atom stereocenters. The van der Waals surface area contributed by atoms with Crippen molar-refractivity contribution < 1.29 is 4.79 Å². The van der Waals surface area contributed by atoms with E-state index in [9.17, 15) is 4.79 Å². The number of nitrogens with zero attached hydrogens (tertiary/aromatic N) is 2. The molecular formula is C11H14N2OS. The van der Waals surface area contributed by atoms with Crippen molar-refractivity contribution in [1.29, 1.82) is 0 Å². The summed E-state index contributed by atoms with van der Waals surface area (Å²) in [4.78, 5) is 12.1. The summed E-state index contributed by atoms with van der Waals surface area (Å²) in [5.41, 5.74) is 1.77. The Morgan fingerprint density at radius 3 is 2.60 bits per heavy atom. The highest BCUT2D eigenvalue weighted by Crippen LogP contribution is 2.35. The van der Waals surface area contributed by atoms with Crippen molar-refractivity contribution in [3.8, 4) is 0 Å². The van der Waals surface area contributed by atoms with Gasteiger partial charge in [-0.2, -0.15) is 0 Å². The molecule has 1 amide bonds. The van der Waals surface area contributed by atoms with Crippen LogP contribution in [-0.4, -0.2) is 23.3 Å². The fraction of sp³-hybridized carbons (Fsp3) is 0.364. The Labute approximate surface area is 94.3 Å². The highest BCUT2D eigenvalue weighted by molar-refractivity contribution is 7.99. The van der Waals surface area contributed by atoms with Gasteiger partial charge in [0.1, 0.15) is 0 Å². The van der Waals surface area contributed by atoms with Gasteiger partial charge in [0.15, 0.2) is 0 Å². The zero-order valence-corrected chi connectivity index (χ0v) is 9.91. The summed E-state index contributed by atoms with van der Waals surface area (Å²) in [6, 6.07) is 7.91. The van der Waals surface area contributed by atoms with Crippen LogP contribution < -0.4 is 4.31 Å². The number of carbonyl (C=O) groups excluding carboxylic acids is 1. The molecule has 1 aliphatic heterocycles. The first-order valence-corrected chi connectivity index (χ1v) is 5.68. The monoisotopic (exact) mass is 222 g/mol. The molecule has 1 aromatic rings. The molecule has 3 nitrogen and oxygen atoms in total. The number of rotatable bonds is 1. The summed E-state index contributed by atoms with van der Waals surface area (Å²) in [6.45, 7) is 4.04. The maximum atomic E-state index is 12.1. The minimum Gasteiger partial charge on any atom is -0.301 e. The second-order valence-corrected chi connectivity index (χ2v) is 4.93. The quantitative estimate of drug-likeness (QED) is 0.682. The third-order valence-corrected chi connectivity index (χ3v) is 3.56. The first-order valence-electron chi connectivity index (χ1n) is 4.95. The zero-order chi connectivity index (χ0) is 11.0. The van der Waals surface area contributed by atoms with Crippen LogP contribution in [0.2, 0.25) is 0 Å². The number of anilines is 1. The van der Waals surface area contributed by atoms with Crippen molar-refractivity contribution in [2.45, 2.75) is 19.9 Å². The van der Waals surface area contributed by atoms with Crippen molar-refractivity contribution in [1.82, 2.24) is 4.31 Å². The number of hydrogen-bond acceptors (Lipinski definition) is 3. The predicted molar refractivity (Wildman–Crippen MR) is 63.7 cm³/mol. The first kappa shape index (κ1) is 10.4. The molecule has 1 aliphatic rings. The number of benzene rings is 1. The van der Waals surface area contributed by atoms with Gasteiger partial charge in [0.2, 0.25) is 0 Å². The summed E-state index contributed by atoms with van der Waals surface area (Å²) in [5.74, 6) is 0.101. The van der Waals surface area contributed by atoms with E-state index in [0.717, 1.165) is 11.3 Å². The van der Waals surface area contributed by atoms with E-state index in [1.807, 2.05) is 49.5 Å². The molecule has 0 radical (unpaired) electrons. The van der Waals surface area contributed by atoms with E-state index in [0.29, 0.717) is 0 Å². The number of carbonyl (C=O) groups is 1. The predicted octanol–water partition coefficient (Wildman–Crippen LogP) is 2.55. The van der Waals surface area contributed by atoms with Gasteiger partial charge in [0, 0.05) is 13.1 Å². The summed E-state index contributed by atoms with van der Waals surface area (Å²) in [6.07, 6.45) is 0. The lowest BCUT2D eigenvalue weighted by Crippen LogP contribution is -2.38. The molecule has 0 aliphatic carbocycles. The molecule has 0 spiro atoms. The molecule has 0 saturated carbocycles. The smallest absolute Gasteiger partial charge is 0.267 e. The Kier molecular flexibility index (Phi) is 2.61. The van der Waals surface area contributed by atoms with E-state index in [1.165, 1.54) is 12.1 Å². The van der Waals surface area contributed by atoms with Gasteiger partial charge in [-0.15, -0.1) is 0 Å². The Hall–Kier alpha value is -1.16. The van der Waals surface area contributed by atoms with Crippen LogP contribution in [0.5, 0.6) is 0 Å². The molecule has 0 unspecified atom stereocenters. The molecule has 15 heavy (non-hydrogen) atoms. The Morgan fingerprint density at radius 1 is 1.27 bits per heavy atom. The molecule has 0 saturated heterocycles. The zero-order valence-electron chi connectivity index (χ0n) is 9.10. The van der Waals surface area contributed by atoms with Crippen molar-refractivity contribution >= 4 is 23.7 Å². The highest BCUT2D eigenvalue weighted by atomic mass is 32.2. The fourth-order valence-corrected chi connectivity index (χ4v) is 2.46. The Morgan fingerprint density at radius 2 is 1.93 bits per heavy atom. The Bertz CT molecular complexity index is 392. The van der Waals surface area contributed by atoms with Crippen molar-refractivity contribution in [2.24, 2.45) is 0 Å². The largest absolute Gasteiger partial charge is 0.301 e. The summed E-state index contributed by atoms with van der Waals surface area (Å²) in [7, 11) is 1.98. The maximum absolute atomic E-state index is 12.1. The van der Waals surface area contributed by atoms with Crippen molar-refractivity contribution in [2.75, 3.05) is 11.4 Å². The molecule has 0 N–H and O–H groups in total. The SMILES string of the molecule is CC(C)N1SN(C)c2ccccc2C1=O. The van der Waals surface area contributed by atoms with E-state index in [4.69, 9.17) is 0 Å². The molecule has 0 fully saturated rings. The Balaban J connectivity index is 2.44. The summed E-state index contributed by atoms with van der Waals surface area (Å²) >= 11 is 1.46. The molecule has 1 aromatic carbocycles. The normalized spacial score (nSPS) is 15.9. The molecule has 0 aromatic heterocycles. The van der Waals surface area contributed by atoms with E-state index in [1.54, 1.807) is 4.31 Å². The van der Waals surface area contributed by atoms with Gasteiger partial charge in [-0.05, 0) is 26.0 Å². The van der Waals surface area contributed by atoms with Crippen LogP contribution in [0.25, 0.3) is 0 Å². The van der Waals surface area contributed by atoms with Gasteiger partial charge >= 0.3 is 0 Å². The third kappa shape index (κ3) is 1.69. The van der Waals surface area contributed by atoms with Gasteiger partial charge in [0.05, 0.1) is 23.4 Å². The van der Waals surface area contributed by atoms with E-state index in [2.05, 4.69) is 0 Å². The lowest BCUT2D eigenvalue weighted by molar-refractivity contribution is 0.0845. The lowest BCUT2D eigenvalue weighted by atomic mass is 10.1. The van der Waals surface area contributed by atoms with Crippen LogP contribution in [0.4, 0.5) is 5.69 Å². The lowest BCUT2D eigenvalue weighted by Gasteiger charge is -2.35. The van der Waals surface area contributed by atoms with Crippen LogP contribution in [0, 0.1) is 0 Å². The second-order valence-electron chi connectivity index (χ2n) is 3.82. The van der Waals surface area contributed by atoms with Gasteiger partial charge < -0.3 is 4.31 Å². The molecular weight excluding hydrogens is 208 g/mol. The van der Waals surface area contributed by atoms with Crippen LogP contribution in [0.15, 0.2) is 24.3 Å². The second kappa shape index (κ2) is 3.77. The topological polar surface area (TPSA) is 23.6 Å². The van der Waals surface area contributed by atoms with Crippen LogP contribution >= 0.6 is 12.1 Å². The molecule has 4 heteroatoms.